The summed E-state index contributed by atoms with van der Waals surface area (Å²) in [5.74, 6) is 1.13. The van der Waals surface area contributed by atoms with Gasteiger partial charge in [-0.05, 0) is 43.3 Å². The molecule has 1 fully saturated rings. The van der Waals surface area contributed by atoms with Crippen molar-refractivity contribution < 1.29 is 14.3 Å². The molecular weight excluding hydrogens is 368 g/mol. The molecule has 0 spiro atoms. The fourth-order valence-corrected chi connectivity index (χ4v) is 3.59. The zero-order valence-corrected chi connectivity index (χ0v) is 16.4. The highest BCUT2D eigenvalue weighted by Crippen LogP contribution is 2.27. The smallest absolute Gasteiger partial charge is 0.227 e. The van der Waals surface area contributed by atoms with E-state index in [0.717, 1.165) is 28.3 Å². The summed E-state index contributed by atoms with van der Waals surface area (Å²) in [6.07, 6.45) is 0.841. The third kappa shape index (κ3) is 4.23. The molecule has 1 aliphatic rings. The zero-order valence-electron chi connectivity index (χ0n) is 16.4. The SMILES string of the molecule is CCOc1ccc(N2C[C@H](C(=O)NCCc3nc4ccccc4[nH]3)CC2=O)cc1. The Morgan fingerprint density at radius 2 is 2.03 bits per heavy atom. The van der Waals surface area contributed by atoms with E-state index < -0.39 is 0 Å². The third-order valence-electron chi connectivity index (χ3n) is 5.05. The number of H-pyrrole nitrogens is 1. The maximum Gasteiger partial charge on any atom is 0.227 e. The van der Waals surface area contributed by atoms with Gasteiger partial charge in [0, 0.05) is 31.6 Å². The molecule has 0 unspecified atom stereocenters. The van der Waals surface area contributed by atoms with E-state index >= 15 is 0 Å². The van der Waals surface area contributed by atoms with Crippen LogP contribution in [0.25, 0.3) is 11.0 Å². The van der Waals surface area contributed by atoms with Gasteiger partial charge < -0.3 is 19.9 Å². The van der Waals surface area contributed by atoms with E-state index in [4.69, 9.17) is 4.74 Å². The van der Waals surface area contributed by atoms with Crippen molar-refractivity contribution in [3.8, 4) is 5.75 Å². The van der Waals surface area contributed by atoms with Crippen molar-refractivity contribution in [3.63, 3.8) is 0 Å². The molecule has 0 aliphatic carbocycles. The predicted molar refractivity (Wildman–Crippen MR) is 111 cm³/mol. The Bertz CT molecular complexity index is 979. The first-order chi connectivity index (χ1) is 14.1. The number of fused-ring (bicyclic) bond motifs is 1. The van der Waals surface area contributed by atoms with Crippen molar-refractivity contribution in [2.75, 3.05) is 24.6 Å². The highest BCUT2D eigenvalue weighted by atomic mass is 16.5. The van der Waals surface area contributed by atoms with Gasteiger partial charge in [-0.1, -0.05) is 12.1 Å². The highest BCUT2D eigenvalue weighted by molar-refractivity contribution is 6.00. The Morgan fingerprint density at radius 1 is 1.24 bits per heavy atom. The largest absolute Gasteiger partial charge is 0.494 e. The zero-order chi connectivity index (χ0) is 20.2. The Balaban J connectivity index is 1.30. The van der Waals surface area contributed by atoms with Crippen LogP contribution < -0.4 is 15.0 Å². The number of ether oxygens (including phenoxy) is 1. The van der Waals surface area contributed by atoms with Gasteiger partial charge in [0.05, 0.1) is 23.6 Å². The molecule has 1 saturated heterocycles. The molecule has 0 bridgehead atoms. The summed E-state index contributed by atoms with van der Waals surface area (Å²) < 4.78 is 5.43. The van der Waals surface area contributed by atoms with Gasteiger partial charge in [-0.15, -0.1) is 0 Å². The second kappa shape index (κ2) is 8.34. The molecule has 2 aromatic carbocycles. The number of imidazole rings is 1. The number of carbonyl (C=O) groups is 2. The van der Waals surface area contributed by atoms with E-state index in [1.807, 2.05) is 55.5 Å². The van der Waals surface area contributed by atoms with Gasteiger partial charge >= 0.3 is 0 Å². The number of amides is 2. The van der Waals surface area contributed by atoms with Crippen molar-refractivity contribution in [3.05, 3.63) is 54.4 Å². The summed E-state index contributed by atoms with van der Waals surface area (Å²) in [4.78, 5) is 34.4. The lowest BCUT2D eigenvalue weighted by Crippen LogP contribution is -2.34. The van der Waals surface area contributed by atoms with Crippen molar-refractivity contribution in [1.82, 2.24) is 15.3 Å². The molecule has 1 aromatic heterocycles. The average molecular weight is 392 g/mol. The summed E-state index contributed by atoms with van der Waals surface area (Å²) in [5, 5.41) is 2.94. The van der Waals surface area contributed by atoms with Gasteiger partial charge in [-0.2, -0.15) is 0 Å². The van der Waals surface area contributed by atoms with E-state index in [0.29, 0.717) is 26.1 Å². The van der Waals surface area contributed by atoms with Crippen LogP contribution >= 0.6 is 0 Å². The first-order valence-electron chi connectivity index (χ1n) is 9.88. The van der Waals surface area contributed by atoms with Crippen LogP contribution in [0.5, 0.6) is 5.75 Å². The van der Waals surface area contributed by atoms with E-state index in [2.05, 4.69) is 15.3 Å². The van der Waals surface area contributed by atoms with Gasteiger partial charge in [0.25, 0.3) is 0 Å². The number of nitrogens with one attached hydrogen (secondary N) is 2. The quantitative estimate of drug-likeness (QED) is 0.647. The molecule has 150 valence electrons. The molecule has 2 amide bonds. The van der Waals surface area contributed by atoms with E-state index in [1.54, 1.807) is 4.90 Å². The van der Waals surface area contributed by atoms with Gasteiger partial charge in [0.1, 0.15) is 11.6 Å². The number of rotatable bonds is 7. The fourth-order valence-electron chi connectivity index (χ4n) is 3.59. The van der Waals surface area contributed by atoms with E-state index in [9.17, 15) is 9.59 Å². The van der Waals surface area contributed by atoms with Crippen molar-refractivity contribution in [2.45, 2.75) is 19.8 Å². The van der Waals surface area contributed by atoms with Crippen molar-refractivity contribution >= 4 is 28.5 Å². The van der Waals surface area contributed by atoms with Crippen LogP contribution in [0.4, 0.5) is 5.69 Å². The minimum atomic E-state index is -0.343. The van der Waals surface area contributed by atoms with Crippen LogP contribution in [-0.4, -0.2) is 41.5 Å². The number of para-hydroxylation sites is 2. The lowest BCUT2D eigenvalue weighted by Gasteiger charge is -2.17. The second-order valence-electron chi connectivity index (χ2n) is 7.07. The molecule has 1 aliphatic heterocycles. The standard InChI is InChI=1S/C22H24N4O3/c1-2-29-17-9-7-16(8-10-17)26-14-15(13-21(26)27)22(28)23-12-11-20-24-18-5-3-4-6-19(18)25-20/h3-10,15H,2,11-14H2,1H3,(H,23,28)(H,24,25)/t15-/m1/s1. The second-order valence-corrected chi connectivity index (χ2v) is 7.07. The minimum Gasteiger partial charge on any atom is -0.494 e. The minimum absolute atomic E-state index is 0.0356. The summed E-state index contributed by atoms with van der Waals surface area (Å²) >= 11 is 0. The number of benzene rings is 2. The maximum absolute atomic E-state index is 12.5. The van der Waals surface area contributed by atoms with Crippen LogP contribution in [0.2, 0.25) is 0 Å². The first-order valence-corrected chi connectivity index (χ1v) is 9.88. The molecule has 7 heteroatoms. The summed E-state index contributed by atoms with van der Waals surface area (Å²) in [6.45, 7) is 3.39. The number of carbonyl (C=O) groups excluding carboxylic acids is 2. The lowest BCUT2D eigenvalue weighted by molar-refractivity contribution is -0.126. The van der Waals surface area contributed by atoms with Crippen LogP contribution in [0.15, 0.2) is 48.5 Å². The highest BCUT2D eigenvalue weighted by Gasteiger charge is 2.34. The molecule has 1 atom stereocenters. The summed E-state index contributed by atoms with van der Waals surface area (Å²) in [6, 6.07) is 15.2. The number of aromatic amines is 1. The Labute approximate surface area is 169 Å². The molecule has 7 nitrogen and oxygen atoms in total. The Morgan fingerprint density at radius 3 is 2.79 bits per heavy atom. The van der Waals surface area contributed by atoms with Crippen molar-refractivity contribution in [1.29, 1.82) is 0 Å². The number of anilines is 1. The Kier molecular flexibility index (Phi) is 5.46. The van der Waals surface area contributed by atoms with Gasteiger partial charge in [-0.3, -0.25) is 9.59 Å². The van der Waals surface area contributed by atoms with Crippen LogP contribution in [0.1, 0.15) is 19.2 Å². The predicted octanol–water partition coefficient (Wildman–Crippen LogP) is 2.67. The topological polar surface area (TPSA) is 87.3 Å². The van der Waals surface area contributed by atoms with Crippen molar-refractivity contribution in [2.24, 2.45) is 5.92 Å². The summed E-state index contributed by atoms with van der Waals surface area (Å²) in [7, 11) is 0. The molecular formula is C22H24N4O3. The molecule has 0 saturated carbocycles. The Hall–Kier alpha value is -3.35. The lowest BCUT2D eigenvalue weighted by atomic mass is 10.1. The van der Waals surface area contributed by atoms with Crippen LogP contribution in [-0.2, 0) is 16.0 Å². The van der Waals surface area contributed by atoms with E-state index in [-0.39, 0.29) is 24.2 Å². The maximum atomic E-state index is 12.5. The van der Waals surface area contributed by atoms with E-state index in [1.165, 1.54) is 0 Å². The van der Waals surface area contributed by atoms with Crippen LogP contribution in [0.3, 0.4) is 0 Å². The molecule has 2 N–H and O–H groups in total. The molecule has 3 aromatic rings. The fraction of sp³-hybridized carbons (Fsp3) is 0.318. The normalized spacial score (nSPS) is 16.4. The molecule has 2 heterocycles. The number of aromatic nitrogens is 2. The number of hydrogen-bond donors (Lipinski definition) is 2. The average Bonchev–Trinajstić information content (AvgIpc) is 3.32. The first kappa shape index (κ1) is 19.0. The monoisotopic (exact) mass is 392 g/mol. The molecule has 0 radical (unpaired) electrons. The number of nitrogens with zero attached hydrogens (tertiary/aromatic N) is 2. The molecule has 29 heavy (non-hydrogen) atoms. The summed E-state index contributed by atoms with van der Waals surface area (Å²) in [5.41, 5.74) is 2.69. The molecule has 4 rings (SSSR count). The van der Waals surface area contributed by atoms with Gasteiger partial charge in [0.15, 0.2) is 0 Å². The van der Waals surface area contributed by atoms with Gasteiger partial charge in [-0.25, -0.2) is 4.98 Å². The van der Waals surface area contributed by atoms with Gasteiger partial charge in [0.2, 0.25) is 11.8 Å². The van der Waals surface area contributed by atoms with Crippen LogP contribution in [0, 0.1) is 5.92 Å². The number of hydrogen-bond acceptors (Lipinski definition) is 4. The third-order valence-corrected chi connectivity index (χ3v) is 5.05.